The van der Waals surface area contributed by atoms with E-state index in [1.54, 1.807) is 11.9 Å². The predicted molar refractivity (Wildman–Crippen MR) is 100 cm³/mol. The predicted octanol–water partition coefficient (Wildman–Crippen LogP) is 1.71. The molecule has 0 radical (unpaired) electrons. The van der Waals surface area contributed by atoms with Gasteiger partial charge in [-0.1, -0.05) is 59.9 Å². The van der Waals surface area contributed by atoms with E-state index in [-0.39, 0.29) is 11.5 Å². The van der Waals surface area contributed by atoms with Crippen LogP contribution in [0.1, 0.15) is 5.56 Å². The largest absolute Gasteiger partial charge is 0.311 e. The van der Waals surface area contributed by atoms with Crippen LogP contribution in [0.25, 0.3) is 21.9 Å². The molecule has 0 spiro atoms. The molecule has 7 heteroatoms. The summed E-state index contributed by atoms with van der Waals surface area (Å²) in [7, 11) is 1.71. The molecule has 4 aromatic rings. The number of hydrogen-bond donors (Lipinski definition) is 0. The van der Waals surface area contributed by atoms with Gasteiger partial charge in [-0.2, -0.15) is 9.50 Å². The van der Waals surface area contributed by atoms with Crippen molar-refractivity contribution in [3.05, 3.63) is 75.0 Å². The zero-order chi connectivity index (χ0) is 17.8. The van der Waals surface area contributed by atoms with E-state index in [2.05, 4.69) is 10.1 Å². The maximum Gasteiger partial charge on any atom is 0.291 e. The first-order valence-corrected chi connectivity index (χ1v) is 8.83. The number of hydrogen-bond acceptors (Lipinski definition) is 5. The zero-order valence-electron chi connectivity index (χ0n) is 13.7. The Morgan fingerprint density at radius 1 is 0.962 bits per heavy atom. The van der Waals surface area contributed by atoms with Crippen LogP contribution in [0, 0.1) is 0 Å². The fourth-order valence-corrected chi connectivity index (χ4v) is 4.18. The van der Waals surface area contributed by atoms with Crippen molar-refractivity contribution in [3.63, 3.8) is 0 Å². The summed E-state index contributed by atoms with van der Waals surface area (Å²) in [4.78, 5) is 32.1. The molecule has 0 fully saturated rings. The molecule has 5 rings (SSSR count). The topological polar surface area (TPSA) is 67.6 Å². The van der Waals surface area contributed by atoms with Crippen molar-refractivity contribution >= 4 is 33.5 Å². The number of para-hydroxylation sites is 1. The second-order valence-electron chi connectivity index (χ2n) is 5.99. The van der Waals surface area contributed by atoms with Gasteiger partial charge in [0.05, 0.1) is 11.3 Å². The highest BCUT2D eigenvalue weighted by molar-refractivity contribution is 7.15. The highest BCUT2D eigenvalue weighted by Gasteiger charge is 2.31. The van der Waals surface area contributed by atoms with Gasteiger partial charge in [0, 0.05) is 18.2 Å². The second-order valence-corrected chi connectivity index (χ2v) is 6.97. The minimum atomic E-state index is -0.312. The Balaban J connectivity index is 1.78. The number of thiazole rings is 1. The highest BCUT2D eigenvalue weighted by atomic mass is 32.1. The van der Waals surface area contributed by atoms with Gasteiger partial charge < -0.3 is 4.90 Å². The molecule has 1 aliphatic heterocycles. The summed E-state index contributed by atoms with van der Waals surface area (Å²) < 4.78 is 1.66. The lowest BCUT2D eigenvalue weighted by atomic mass is 10.1. The van der Waals surface area contributed by atoms with Crippen LogP contribution in [-0.4, -0.2) is 27.6 Å². The first kappa shape index (κ1) is 15.0. The van der Waals surface area contributed by atoms with Gasteiger partial charge in [0.15, 0.2) is 5.82 Å². The van der Waals surface area contributed by atoms with Crippen molar-refractivity contribution in [3.8, 4) is 11.4 Å². The van der Waals surface area contributed by atoms with Gasteiger partial charge in [0.2, 0.25) is 4.96 Å². The third kappa shape index (κ3) is 1.98. The van der Waals surface area contributed by atoms with Gasteiger partial charge in [-0.05, 0) is 6.07 Å². The maximum atomic E-state index is 12.9. The van der Waals surface area contributed by atoms with E-state index in [9.17, 15) is 9.59 Å². The van der Waals surface area contributed by atoms with E-state index >= 15 is 0 Å². The highest BCUT2D eigenvalue weighted by Crippen LogP contribution is 2.33. The van der Waals surface area contributed by atoms with Gasteiger partial charge in [-0.25, -0.2) is 0 Å². The van der Waals surface area contributed by atoms with Crippen molar-refractivity contribution < 1.29 is 4.79 Å². The third-order valence-corrected chi connectivity index (χ3v) is 5.50. The average molecular weight is 360 g/mol. The average Bonchev–Trinajstić information content (AvgIpc) is 3.29. The normalized spacial score (nSPS) is 15.7. The third-order valence-electron chi connectivity index (χ3n) is 4.47. The van der Waals surface area contributed by atoms with Crippen molar-refractivity contribution in [1.82, 2.24) is 14.6 Å². The number of benzene rings is 2. The molecular weight excluding hydrogens is 348 g/mol. The van der Waals surface area contributed by atoms with Crippen LogP contribution in [0.4, 0.5) is 5.69 Å². The summed E-state index contributed by atoms with van der Waals surface area (Å²) in [6.07, 6.45) is 0. The monoisotopic (exact) mass is 360 g/mol. The molecule has 26 heavy (non-hydrogen) atoms. The standard InChI is InChI=1S/C19H12N4O2S/c1-22-13-10-6-5-9-12(13)14(17(22)24)15-18(25)23-19(26-15)20-16(21-23)11-7-3-2-4-8-11/h2-10H,1H3/b15-14-. The quantitative estimate of drug-likeness (QED) is 0.518. The Morgan fingerprint density at radius 3 is 2.46 bits per heavy atom. The molecule has 0 bridgehead atoms. The Morgan fingerprint density at radius 2 is 1.69 bits per heavy atom. The van der Waals surface area contributed by atoms with Gasteiger partial charge >= 0.3 is 0 Å². The van der Waals surface area contributed by atoms with Gasteiger partial charge in [-0.3, -0.25) is 9.59 Å². The van der Waals surface area contributed by atoms with Crippen molar-refractivity contribution in [1.29, 1.82) is 0 Å². The molecule has 2 aromatic carbocycles. The van der Waals surface area contributed by atoms with Crippen LogP contribution in [0.2, 0.25) is 0 Å². The molecule has 0 saturated heterocycles. The van der Waals surface area contributed by atoms with E-state index < -0.39 is 0 Å². The van der Waals surface area contributed by atoms with Crippen molar-refractivity contribution in [2.75, 3.05) is 11.9 Å². The molecule has 0 N–H and O–H groups in total. The molecule has 1 amide bonds. The minimum absolute atomic E-state index is 0.184. The second kappa shape index (κ2) is 5.34. The number of anilines is 1. The lowest BCUT2D eigenvalue weighted by Crippen LogP contribution is -2.30. The van der Waals surface area contributed by atoms with Crippen LogP contribution in [0.15, 0.2) is 59.4 Å². The fraction of sp³-hybridized carbons (Fsp3) is 0.0526. The van der Waals surface area contributed by atoms with Crippen LogP contribution < -0.4 is 15.0 Å². The Kier molecular flexibility index (Phi) is 3.07. The zero-order valence-corrected chi connectivity index (χ0v) is 14.5. The summed E-state index contributed by atoms with van der Waals surface area (Å²) in [6.45, 7) is 0. The maximum absolute atomic E-state index is 12.9. The van der Waals surface area contributed by atoms with E-state index in [4.69, 9.17) is 0 Å². The Labute approximate surface area is 151 Å². The van der Waals surface area contributed by atoms with Crippen LogP contribution in [0.3, 0.4) is 0 Å². The molecule has 1 aliphatic rings. The number of amides is 1. The summed E-state index contributed by atoms with van der Waals surface area (Å²) >= 11 is 1.20. The van der Waals surface area contributed by atoms with Gasteiger partial charge in [0.25, 0.3) is 11.5 Å². The van der Waals surface area contributed by atoms with E-state index in [0.29, 0.717) is 20.9 Å². The molecule has 6 nitrogen and oxygen atoms in total. The van der Waals surface area contributed by atoms with Gasteiger partial charge in [0.1, 0.15) is 4.53 Å². The summed E-state index contributed by atoms with van der Waals surface area (Å²) in [5.41, 5.74) is 2.53. The number of nitrogens with zero attached hydrogens (tertiary/aromatic N) is 4. The number of aromatic nitrogens is 3. The molecule has 0 aliphatic carbocycles. The van der Waals surface area contributed by atoms with Crippen LogP contribution >= 0.6 is 11.3 Å². The Hall–Kier alpha value is -3.32. The smallest absolute Gasteiger partial charge is 0.291 e. The van der Waals surface area contributed by atoms with E-state index in [1.807, 2.05) is 54.6 Å². The molecule has 0 atom stereocenters. The first-order valence-electron chi connectivity index (χ1n) is 8.02. The fourth-order valence-electron chi connectivity index (χ4n) is 3.18. The first-order chi connectivity index (χ1) is 12.6. The summed E-state index contributed by atoms with van der Waals surface area (Å²) in [6, 6.07) is 17.0. The number of fused-ring (bicyclic) bond motifs is 2. The number of likely N-dealkylation sites (N-methyl/N-ethyl adjacent to an activating group) is 1. The molecule has 126 valence electrons. The lowest BCUT2D eigenvalue weighted by molar-refractivity contribution is -0.112. The molecule has 0 unspecified atom stereocenters. The molecule has 0 saturated carbocycles. The lowest BCUT2D eigenvalue weighted by Gasteiger charge is -2.07. The minimum Gasteiger partial charge on any atom is -0.311 e. The van der Waals surface area contributed by atoms with Crippen molar-refractivity contribution in [2.24, 2.45) is 0 Å². The Bertz CT molecular complexity index is 1290. The van der Waals surface area contributed by atoms with Gasteiger partial charge in [-0.15, -0.1) is 5.10 Å². The summed E-state index contributed by atoms with van der Waals surface area (Å²) in [5, 5.41) is 4.34. The molecule has 2 aromatic heterocycles. The SMILES string of the molecule is CN1C(=O)/C(=c2\sc3nc(-c4ccccc4)nn3c2=O)c2ccccc21. The van der Waals surface area contributed by atoms with E-state index in [1.165, 1.54) is 15.9 Å². The molecular formula is C19H12N4O2S. The van der Waals surface area contributed by atoms with Crippen LogP contribution in [0.5, 0.6) is 0 Å². The van der Waals surface area contributed by atoms with Crippen LogP contribution in [-0.2, 0) is 4.79 Å². The number of carbonyl (C=O) groups is 1. The number of rotatable bonds is 1. The number of carbonyl (C=O) groups excluding carboxylic acids is 1. The molecule has 3 heterocycles. The van der Waals surface area contributed by atoms with Crippen molar-refractivity contribution in [2.45, 2.75) is 0 Å². The van der Waals surface area contributed by atoms with E-state index in [0.717, 1.165) is 16.8 Å². The summed E-state index contributed by atoms with van der Waals surface area (Å²) in [5.74, 6) is 0.317.